The molecule has 0 unspecified atom stereocenters. The number of nitrogens with one attached hydrogen (secondary N) is 1. The number of nitrogens with zero attached hydrogens (tertiary/aromatic N) is 3. The van der Waals surface area contributed by atoms with Gasteiger partial charge in [-0.1, -0.05) is 0 Å². The van der Waals surface area contributed by atoms with E-state index >= 15 is 0 Å². The summed E-state index contributed by atoms with van der Waals surface area (Å²) >= 11 is 0. The molecule has 19 heavy (non-hydrogen) atoms. The number of hydrogen-bond acceptors (Lipinski definition) is 5. The minimum Gasteiger partial charge on any atom is -0.478 e. The summed E-state index contributed by atoms with van der Waals surface area (Å²) in [6.07, 6.45) is 2.95. The number of nitrogen functional groups attached to an aromatic ring is 1. The molecule has 0 aliphatic carbocycles. The highest BCUT2D eigenvalue weighted by Gasteiger charge is 2.13. The normalized spacial score (nSPS) is 10.2. The molecule has 0 bridgehead atoms. The van der Waals surface area contributed by atoms with Crippen molar-refractivity contribution >= 4 is 17.4 Å². The quantitative estimate of drug-likeness (QED) is 0.857. The van der Waals surface area contributed by atoms with Gasteiger partial charge in [0.25, 0.3) is 5.91 Å². The van der Waals surface area contributed by atoms with Crippen molar-refractivity contribution in [2.24, 2.45) is 7.05 Å². The van der Waals surface area contributed by atoms with Gasteiger partial charge in [-0.3, -0.25) is 9.48 Å². The maximum atomic E-state index is 12.0. The Hall–Kier alpha value is -2.57. The molecule has 1 amide bonds. The van der Waals surface area contributed by atoms with E-state index in [1.54, 1.807) is 19.2 Å². The standard InChI is InChI=1S/C12H15N5O2/c1-3-19-10-5-4-8(6-14-10)16-12(18)9-7-15-17(2)11(9)13/h4-7H,3,13H2,1-2H3,(H,16,18). The number of carbonyl (C=O) groups excluding carboxylic acids is 1. The molecule has 2 rings (SSSR count). The smallest absolute Gasteiger partial charge is 0.261 e. The Morgan fingerprint density at radius 2 is 2.26 bits per heavy atom. The fourth-order valence-corrected chi connectivity index (χ4v) is 1.51. The molecular formula is C12H15N5O2. The highest BCUT2D eigenvalue weighted by molar-refractivity contribution is 6.07. The summed E-state index contributed by atoms with van der Waals surface area (Å²) in [4.78, 5) is 16.0. The zero-order valence-corrected chi connectivity index (χ0v) is 10.8. The van der Waals surface area contributed by atoms with Gasteiger partial charge in [0.2, 0.25) is 5.88 Å². The van der Waals surface area contributed by atoms with Crippen LogP contribution in [-0.4, -0.2) is 27.3 Å². The first-order valence-corrected chi connectivity index (χ1v) is 5.79. The van der Waals surface area contributed by atoms with Gasteiger partial charge in [-0.15, -0.1) is 0 Å². The van der Waals surface area contributed by atoms with Crippen LogP contribution in [0.25, 0.3) is 0 Å². The average molecular weight is 261 g/mol. The maximum Gasteiger partial charge on any atom is 0.261 e. The Morgan fingerprint density at radius 3 is 2.79 bits per heavy atom. The Morgan fingerprint density at radius 1 is 1.47 bits per heavy atom. The highest BCUT2D eigenvalue weighted by Crippen LogP contribution is 2.15. The zero-order chi connectivity index (χ0) is 13.8. The average Bonchev–Trinajstić information content (AvgIpc) is 2.73. The van der Waals surface area contributed by atoms with Gasteiger partial charge in [0.1, 0.15) is 11.4 Å². The molecule has 0 spiro atoms. The molecule has 2 aromatic heterocycles. The largest absolute Gasteiger partial charge is 0.478 e. The number of nitrogens with two attached hydrogens (primary N) is 1. The summed E-state index contributed by atoms with van der Waals surface area (Å²) in [5, 5.41) is 6.60. The molecule has 0 radical (unpaired) electrons. The molecule has 0 atom stereocenters. The number of aryl methyl sites for hydroxylation is 1. The van der Waals surface area contributed by atoms with Crippen molar-refractivity contribution in [2.75, 3.05) is 17.7 Å². The lowest BCUT2D eigenvalue weighted by molar-refractivity contribution is 0.102. The summed E-state index contributed by atoms with van der Waals surface area (Å²) in [7, 11) is 1.67. The summed E-state index contributed by atoms with van der Waals surface area (Å²) in [6, 6.07) is 3.40. The topological polar surface area (TPSA) is 95.1 Å². The molecule has 2 heterocycles. The molecule has 0 saturated heterocycles. The number of carbonyl (C=O) groups is 1. The van der Waals surface area contributed by atoms with Crippen molar-refractivity contribution in [3.05, 3.63) is 30.1 Å². The summed E-state index contributed by atoms with van der Waals surface area (Å²) in [5.74, 6) is 0.509. The van der Waals surface area contributed by atoms with Gasteiger partial charge in [-0.05, 0) is 13.0 Å². The molecular weight excluding hydrogens is 246 g/mol. The van der Waals surface area contributed by atoms with Gasteiger partial charge in [0.05, 0.1) is 24.7 Å². The third kappa shape index (κ3) is 2.82. The second kappa shape index (κ2) is 5.38. The second-order valence-corrected chi connectivity index (χ2v) is 3.84. The van der Waals surface area contributed by atoms with Crippen molar-refractivity contribution < 1.29 is 9.53 Å². The summed E-state index contributed by atoms with van der Waals surface area (Å²) in [6.45, 7) is 2.42. The predicted octanol–water partition coefficient (Wildman–Crippen LogP) is 1.05. The number of aromatic nitrogens is 3. The number of hydrogen-bond donors (Lipinski definition) is 2. The van der Waals surface area contributed by atoms with E-state index in [0.29, 0.717) is 29.6 Å². The number of pyridine rings is 1. The van der Waals surface area contributed by atoms with Crippen LogP contribution in [-0.2, 0) is 7.05 Å². The van der Waals surface area contributed by atoms with E-state index in [1.165, 1.54) is 17.1 Å². The maximum absolute atomic E-state index is 12.0. The number of amides is 1. The fraction of sp³-hybridized carbons (Fsp3) is 0.250. The van der Waals surface area contributed by atoms with E-state index < -0.39 is 0 Å². The van der Waals surface area contributed by atoms with Crippen molar-refractivity contribution in [3.63, 3.8) is 0 Å². The summed E-state index contributed by atoms with van der Waals surface area (Å²) < 4.78 is 6.65. The van der Waals surface area contributed by atoms with Crippen LogP contribution in [0, 0.1) is 0 Å². The van der Waals surface area contributed by atoms with Crippen LogP contribution in [0.15, 0.2) is 24.5 Å². The van der Waals surface area contributed by atoms with Crippen molar-refractivity contribution in [1.82, 2.24) is 14.8 Å². The number of ether oxygens (including phenoxy) is 1. The van der Waals surface area contributed by atoms with Crippen LogP contribution in [0.1, 0.15) is 17.3 Å². The first kappa shape index (κ1) is 12.9. The molecule has 7 nitrogen and oxygen atoms in total. The number of anilines is 2. The molecule has 2 aromatic rings. The van der Waals surface area contributed by atoms with Gasteiger partial charge in [-0.25, -0.2) is 4.98 Å². The van der Waals surface area contributed by atoms with E-state index in [0.717, 1.165) is 0 Å². The summed E-state index contributed by atoms with van der Waals surface area (Å²) in [5.41, 5.74) is 6.62. The van der Waals surface area contributed by atoms with Gasteiger partial charge in [0, 0.05) is 13.1 Å². The van der Waals surface area contributed by atoms with Crippen molar-refractivity contribution in [1.29, 1.82) is 0 Å². The Labute approximate surface area is 110 Å². The molecule has 0 aromatic carbocycles. The van der Waals surface area contributed by atoms with E-state index in [9.17, 15) is 4.79 Å². The number of rotatable bonds is 4. The molecule has 7 heteroatoms. The molecule has 3 N–H and O–H groups in total. The van der Waals surface area contributed by atoms with E-state index in [-0.39, 0.29) is 5.91 Å². The molecule has 0 aliphatic heterocycles. The SMILES string of the molecule is CCOc1ccc(NC(=O)c2cnn(C)c2N)cn1. The predicted molar refractivity (Wildman–Crippen MR) is 71.0 cm³/mol. The Bertz CT molecular complexity index is 576. The first-order chi connectivity index (χ1) is 9.11. The lowest BCUT2D eigenvalue weighted by Gasteiger charge is -2.06. The first-order valence-electron chi connectivity index (χ1n) is 5.79. The van der Waals surface area contributed by atoms with Gasteiger partial charge < -0.3 is 15.8 Å². The van der Waals surface area contributed by atoms with E-state index in [4.69, 9.17) is 10.5 Å². The lowest BCUT2D eigenvalue weighted by atomic mass is 10.3. The van der Waals surface area contributed by atoms with Crippen LogP contribution < -0.4 is 15.8 Å². The lowest BCUT2D eigenvalue weighted by Crippen LogP contribution is -2.14. The van der Waals surface area contributed by atoms with Crippen molar-refractivity contribution in [3.8, 4) is 5.88 Å². The minimum atomic E-state index is -0.323. The Balaban J connectivity index is 2.08. The van der Waals surface area contributed by atoms with E-state index in [1.807, 2.05) is 6.92 Å². The third-order valence-electron chi connectivity index (χ3n) is 2.52. The third-order valence-corrected chi connectivity index (χ3v) is 2.52. The van der Waals surface area contributed by atoms with E-state index in [2.05, 4.69) is 15.4 Å². The fourth-order valence-electron chi connectivity index (χ4n) is 1.51. The molecule has 100 valence electrons. The van der Waals surface area contributed by atoms with Crippen LogP contribution in [0.4, 0.5) is 11.5 Å². The zero-order valence-electron chi connectivity index (χ0n) is 10.8. The van der Waals surface area contributed by atoms with Crippen LogP contribution in [0.5, 0.6) is 5.88 Å². The van der Waals surface area contributed by atoms with Crippen molar-refractivity contribution in [2.45, 2.75) is 6.92 Å². The minimum absolute atomic E-state index is 0.316. The monoisotopic (exact) mass is 261 g/mol. The Kier molecular flexibility index (Phi) is 3.65. The highest BCUT2D eigenvalue weighted by atomic mass is 16.5. The molecule has 0 saturated carbocycles. The van der Waals surface area contributed by atoms with Crippen LogP contribution >= 0.6 is 0 Å². The van der Waals surface area contributed by atoms with Crippen LogP contribution in [0.3, 0.4) is 0 Å². The molecule has 0 fully saturated rings. The van der Waals surface area contributed by atoms with Gasteiger partial charge in [-0.2, -0.15) is 5.10 Å². The van der Waals surface area contributed by atoms with Gasteiger partial charge >= 0.3 is 0 Å². The van der Waals surface area contributed by atoms with Gasteiger partial charge in [0.15, 0.2) is 0 Å². The second-order valence-electron chi connectivity index (χ2n) is 3.84. The molecule has 0 aliphatic rings. The van der Waals surface area contributed by atoms with Crippen LogP contribution in [0.2, 0.25) is 0 Å².